The fourth-order valence-corrected chi connectivity index (χ4v) is 1.70. The van der Waals surface area contributed by atoms with Crippen molar-refractivity contribution < 1.29 is 9.53 Å². The third-order valence-corrected chi connectivity index (χ3v) is 2.63. The van der Waals surface area contributed by atoms with Gasteiger partial charge < -0.3 is 21.1 Å². The average Bonchev–Trinajstić information content (AvgIpc) is 2.39. The smallest absolute Gasteiger partial charge is 0.269 e. The van der Waals surface area contributed by atoms with Crippen LogP contribution in [0.25, 0.3) is 0 Å². The van der Waals surface area contributed by atoms with Crippen LogP contribution in [0.4, 0.5) is 5.82 Å². The number of carbonyl (C=O) groups excluding carboxylic acids is 1. The number of rotatable bonds is 3. The van der Waals surface area contributed by atoms with Crippen LogP contribution in [0.1, 0.15) is 10.5 Å². The van der Waals surface area contributed by atoms with Gasteiger partial charge in [-0.05, 0) is 12.1 Å². The Bertz CT molecular complexity index is 394. The lowest BCUT2D eigenvalue weighted by Gasteiger charge is -2.32. The van der Waals surface area contributed by atoms with Crippen LogP contribution in [-0.2, 0) is 4.74 Å². The summed E-state index contributed by atoms with van der Waals surface area (Å²) in [6.07, 6.45) is 0.0152. The zero-order valence-electron chi connectivity index (χ0n) is 9.37. The first kappa shape index (κ1) is 11.7. The summed E-state index contributed by atoms with van der Waals surface area (Å²) in [6, 6.07) is 3.30. The van der Waals surface area contributed by atoms with Gasteiger partial charge in [-0.2, -0.15) is 0 Å². The van der Waals surface area contributed by atoms with Gasteiger partial charge in [0.05, 0.1) is 12.7 Å². The Hall–Kier alpha value is -1.73. The summed E-state index contributed by atoms with van der Waals surface area (Å²) < 4.78 is 5.45. The molecule has 0 saturated carbocycles. The van der Waals surface area contributed by atoms with Gasteiger partial charge in [-0.1, -0.05) is 0 Å². The Balaban J connectivity index is 2.08. The van der Waals surface area contributed by atoms with Crippen molar-refractivity contribution in [3.63, 3.8) is 0 Å². The lowest BCUT2D eigenvalue weighted by atomic mass is 10.2. The molecule has 1 saturated heterocycles. The van der Waals surface area contributed by atoms with Crippen LogP contribution in [0, 0.1) is 0 Å². The van der Waals surface area contributed by atoms with Gasteiger partial charge in [-0.25, -0.2) is 0 Å². The first-order chi connectivity index (χ1) is 8.20. The van der Waals surface area contributed by atoms with E-state index in [1.807, 2.05) is 4.90 Å². The van der Waals surface area contributed by atoms with Gasteiger partial charge in [0.2, 0.25) is 0 Å². The molecule has 0 aromatic carbocycles. The maximum Gasteiger partial charge on any atom is 0.269 e. The maximum absolute atomic E-state index is 10.9. The van der Waals surface area contributed by atoms with Crippen molar-refractivity contribution in [3.8, 4) is 0 Å². The zero-order chi connectivity index (χ0) is 12.3. The molecule has 2 heterocycles. The molecule has 1 aromatic rings. The molecule has 7 heteroatoms. The number of morpholine rings is 1. The molecule has 7 nitrogen and oxygen atoms in total. The average molecular weight is 237 g/mol. The number of hydrogen-bond acceptors (Lipinski definition) is 6. The molecule has 0 aliphatic carbocycles. The lowest BCUT2D eigenvalue weighted by Crippen LogP contribution is -2.46. The van der Waals surface area contributed by atoms with Gasteiger partial charge in [0.1, 0.15) is 0 Å². The standard InChI is InChI=1S/C10H15N5O2/c11-5-7-6-15(3-4-17-7)9-2-1-8(10(12)16)13-14-9/h1-2,7H,3-6,11H2,(H2,12,16). The summed E-state index contributed by atoms with van der Waals surface area (Å²) in [5.74, 6) is 0.127. The molecule has 1 aromatic heterocycles. The first-order valence-corrected chi connectivity index (χ1v) is 5.41. The second-order valence-corrected chi connectivity index (χ2v) is 3.82. The van der Waals surface area contributed by atoms with Crippen LogP contribution in [0.15, 0.2) is 12.1 Å². The molecule has 1 atom stereocenters. The molecular formula is C10H15N5O2. The number of nitrogens with zero attached hydrogens (tertiary/aromatic N) is 3. The molecule has 1 aliphatic heterocycles. The summed E-state index contributed by atoms with van der Waals surface area (Å²) in [7, 11) is 0. The van der Waals surface area contributed by atoms with Crippen LogP contribution in [0.3, 0.4) is 0 Å². The van der Waals surface area contributed by atoms with E-state index in [4.69, 9.17) is 16.2 Å². The van der Waals surface area contributed by atoms with Crippen molar-refractivity contribution in [2.24, 2.45) is 11.5 Å². The quantitative estimate of drug-likeness (QED) is 0.679. The Morgan fingerprint density at radius 1 is 1.53 bits per heavy atom. The fraction of sp³-hybridized carbons (Fsp3) is 0.500. The summed E-state index contributed by atoms with van der Waals surface area (Å²) in [6.45, 7) is 2.51. The molecule has 92 valence electrons. The van der Waals surface area contributed by atoms with E-state index in [0.29, 0.717) is 25.5 Å². The molecular weight excluding hydrogens is 222 g/mol. The van der Waals surface area contributed by atoms with Crippen molar-refractivity contribution in [2.75, 3.05) is 31.1 Å². The first-order valence-electron chi connectivity index (χ1n) is 5.41. The zero-order valence-corrected chi connectivity index (χ0v) is 9.37. The van der Waals surface area contributed by atoms with E-state index in [2.05, 4.69) is 10.2 Å². The number of amides is 1. The van der Waals surface area contributed by atoms with E-state index < -0.39 is 5.91 Å². The molecule has 4 N–H and O–H groups in total. The number of carbonyl (C=O) groups is 1. The summed E-state index contributed by atoms with van der Waals surface area (Å²) in [4.78, 5) is 12.9. The minimum Gasteiger partial charge on any atom is -0.373 e. The van der Waals surface area contributed by atoms with Gasteiger partial charge in [0, 0.05) is 19.6 Å². The van der Waals surface area contributed by atoms with E-state index in [9.17, 15) is 4.79 Å². The predicted molar refractivity (Wildman–Crippen MR) is 61.6 cm³/mol. The fourth-order valence-electron chi connectivity index (χ4n) is 1.70. The third kappa shape index (κ3) is 2.69. The highest BCUT2D eigenvalue weighted by atomic mass is 16.5. The number of ether oxygens (including phenoxy) is 1. The van der Waals surface area contributed by atoms with Gasteiger partial charge in [-0.15, -0.1) is 10.2 Å². The van der Waals surface area contributed by atoms with Crippen LogP contribution in [0.2, 0.25) is 0 Å². The van der Waals surface area contributed by atoms with Crippen molar-refractivity contribution >= 4 is 11.7 Å². The summed E-state index contributed by atoms with van der Waals surface area (Å²) in [5.41, 5.74) is 10.8. The van der Waals surface area contributed by atoms with Crippen LogP contribution < -0.4 is 16.4 Å². The second-order valence-electron chi connectivity index (χ2n) is 3.82. The van der Waals surface area contributed by atoms with Crippen molar-refractivity contribution in [1.29, 1.82) is 0 Å². The third-order valence-electron chi connectivity index (χ3n) is 2.63. The van der Waals surface area contributed by atoms with Crippen LogP contribution in [0.5, 0.6) is 0 Å². The van der Waals surface area contributed by atoms with Crippen molar-refractivity contribution in [1.82, 2.24) is 10.2 Å². The molecule has 1 amide bonds. The molecule has 17 heavy (non-hydrogen) atoms. The number of primary amides is 1. The predicted octanol–water partition coefficient (Wildman–Crippen LogP) is -1.26. The SMILES string of the molecule is NCC1CN(c2ccc(C(N)=O)nn2)CCO1. The summed E-state index contributed by atoms with van der Waals surface area (Å²) >= 11 is 0. The van der Waals surface area contributed by atoms with Crippen molar-refractivity contribution in [3.05, 3.63) is 17.8 Å². The minimum absolute atomic E-state index is 0.0152. The molecule has 0 bridgehead atoms. The van der Waals surface area contributed by atoms with Crippen LogP contribution in [-0.4, -0.2) is 48.4 Å². The number of hydrogen-bond donors (Lipinski definition) is 2. The van der Waals surface area contributed by atoms with Gasteiger partial charge >= 0.3 is 0 Å². The number of nitrogens with two attached hydrogens (primary N) is 2. The van der Waals surface area contributed by atoms with E-state index in [1.54, 1.807) is 12.1 Å². The Morgan fingerprint density at radius 2 is 2.35 bits per heavy atom. The van der Waals surface area contributed by atoms with Gasteiger partial charge in [0.25, 0.3) is 5.91 Å². The second kappa shape index (κ2) is 5.07. The van der Waals surface area contributed by atoms with Crippen LogP contribution >= 0.6 is 0 Å². The highest BCUT2D eigenvalue weighted by Gasteiger charge is 2.20. The summed E-state index contributed by atoms with van der Waals surface area (Å²) in [5, 5.41) is 7.74. The normalized spacial score (nSPS) is 20.3. The highest BCUT2D eigenvalue weighted by Crippen LogP contribution is 2.13. The van der Waals surface area contributed by atoms with E-state index >= 15 is 0 Å². The Morgan fingerprint density at radius 3 is 2.94 bits per heavy atom. The number of aromatic nitrogens is 2. The van der Waals surface area contributed by atoms with Crippen molar-refractivity contribution in [2.45, 2.75) is 6.10 Å². The molecule has 1 fully saturated rings. The van der Waals surface area contributed by atoms with Gasteiger partial charge in [0.15, 0.2) is 11.5 Å². The Kier molecular flexibility index (Phi) is 3.50. The van der Waals surface area contributed by atoms with E-state index in [1.165, 1.54) is 0 Å². The van der Waals surface area contributed by atoms with E-state index in [0.717, 1.165) is 6.54 Å². The number of anilines is 1. The highest BCUT2D eigenvalue weighted by molar-refractivity contribution is 5.90. The van der Waals surface area contributed by atoms with Gasteiger partial charge in [-0.3, -0.25) is 4.79 Å². The lowest BCUT2D eigenvalue weighted by molar-refractivity contribution is 0.0462. The minimum atomic E-state index is -0.578. The molecule has 0 radical (unpaired) electrons. The molecule has 0 spiro atoms. The maximum atomic E-state index is 10.9. The van der Waals surface area contributed by atoms with E-state index in [-0.39, 0.29) is 11.8 Å². The monoisotopic (exact) mass is 237 g/mol. The topological polar surface area (TPSA) is 107 Å². The largest absolute Gasteiger partial charge is 0.373 e. The Labute approximate surface area is 98.7 Å². The molecule has 2 rings (SSSR count). The molecule has 1 aliphatic rings. The molecule has 1 unspecified atom stereocenters.